The number of nitrogen functional groups attached to an aromatic ring is 1. The summed E-state index contributed by atoms with van der Waals surface area (Å²) in [5, 5.41) is 1.47. The van der Waals surface area contributed by atoms with E-state index in [2.05, 4.69) is 19.9 Å². The van der Waals surface area contributed by atoms with Crippen LogP contribution in [-0.4, -0.2) is 28.0 Å². The van der Waals surface area contributed by atoms with Gasteiger partial charge in [0.25, 0.3) is 0 Å². The van der Waals surface area contributed by atoms with E-state index in [1.165, 1.54) is 24.4 Å². The summed E-state index contributed by atoms with van der Waals surface area (Å²) < 4.78 is 0. The quantitative estimate of drug-likeness (QED) is 0.934. The summed E-state index contributed by atoms with van der Waals surface area (Å²) in [6, 6.07) is 1.84. The third-order valence-electron chi connectivity index (χ3n) is 2.93. The molecule has 1 fully saturated rings. The molecule has 0 spiro atoms. The van der Waals surface area contributed by atoms with Gasteiger partial charge < -0.3 is 10.6 Å². The van der Waals surface area contributed by atoms with E-state index >= 15 is 0 Å². The highest BCUT2D eigenvalue weighted by molar-refractivity contribution is 7.99. The lowest BCUT2D eigenvalue weighted by Gasteiger charge is -2.32. The first-order chi connectivity index (χ1) is 9.65. The van der Waals surface area contributed by atoms with Gasteiger partial charge in [-0.25, -0.2) is 15.0 Å². The summed E-state index contributed by atoms with van der Waals surface area (Å²) in [4.78, 5) is 15.5. The van der Waals surface area contributed by atoms with Crippen LogP contribution in [0, 0.1) is 0 Å². The standard InChI is InChI=1S/C12H11Cl2N5S/c13-8-6-17-12(10(15)18-8)20-7-2-3-16-11(9(7)14)19-4-1-5-19/h2-3,6H,1,4-5H2,(H2,15,18). The van der Waals surface area contributed by atoms with E-state index < -0.39 is 0 Å². The Kier molecular flexibility index (Phi) is 3.87. The van der Waals surface area contributed by atoms with E-state index in [4.69, 9.17) is 28.9 Å². The third-order valence-corrected chi connectivity index (χ3v) is 4.67. The Morgan fingerprint density at radius 1 is 1.25 bits per heavy atom. The predicted molar refractivity (Wildman–Crippen MR) is 81.7 cm³/mol. The Morgan fingerprint density at radius 2 is 2.05 bits per heavy atom. The lowest BCUT2D eigenvalue weighted by Crippen LogP contribution is -2.37. The summed E-state index contributed by atoms with van der Waals surface area (Å²) in [5.41, 5.74) is 5.81. The maximum absolute atomic E-state index is 6.41. The Labute approximate surface area is 130 Å². The second-order valence-electron chi connectivity index (χ2n) is 4.27. The van der Waals surface area contributed by atoms with E-state index in [0.29, 0.717) is 15.9 Å². The normalized spacial score (nSPS) is 14.2. The molecule has 0 unspecified atom stereocenters. The molecule has 0 atom stereocenters. The molecule has 1 aliphatic heterocycles. The summed E-state index contributed by atoms with van der Waals surface area (Å²) >= 11 is 13.5. The molecule has 1 saturated heterocycles. The molecule has 1 aliphatic rings. The zero-order chi connectivity index (χ0) is 14.1. The molecule has 0 amide bonds. The van der Waals surface area contributed by atoms with Gasteiger partial charge in [-0.05, 0) is 12.5 Å². The molecular weight excluding hydrogens is 317 g/mol. The maximum Gasteiger partial charge on any atom is 0.158 e. The minimum Gasteiger partial charge on any atom is -0.381 e. The number of aromatic nitrogens is 3. The molecule has 5 nitrogen and oxygen atoms in total. The van der Waals surface area contributed by atoms with E-state index in [9.17, 15) is 0 Å². The van der Waals surface area contributed by atoms with Crippen LogP contribution in [0.1, 0.15) is 6.42 Å². The van der Waals surface area contributed by atoms with Crippen LogP contribution in [0.4, 0.5) is 11.6 Å². The van der Waals surface area contributed by atoms with Gasteiger partial charge in [-0.2, -0.15) is 0 Å². The second kappa shape index (κ2) is 5.63. The van der Waals surface area contributed by atoms with Crippen LogP contribution in [0.15, 0.2) is 28.4 Å². The van der Waals surface area contributed by atoms with Crippen LogP contribution >= 0.6 is 35.0 Å². The number of pyridine rings is 1. The maximum atomic E-state index is 6.41. The van der Waals surface area contributed by atoms with Crippen LogP contribution < -0.4 is 10.6 Å². The molecule has 104 valence electrons. The lowest BCUT2D eigenvalue weighted by atomic mass is 10.2. The largest absolute Gasteiger partial charge is 0.381 e. The Morgan fingerprint density at radius 3 is 2.70 bits per heavy atom. The molecule has 3 rings (SSSR count). The van der Waals surface area contributed by atoms with Crippen LogP contribution in [0.3, 0.4) is 0 Å². The van der Waals surface area contributed by atoms with Gasteiger partial charge in [-0.1, -0.05) is 35.0 Å². The number of nitrogens with zero attached hydrogens (tertiary/aromatic N) is 4. The first-order valence-corrected chi connectivity index (χ1v) is 7.57. The number of hydrogen-bond donors (Lipinski definition) is 1. The van der Waals surface area contributed by atoms with Crippen LogP contribution in [0.5, 0.6) is 0 Å². The number of rotatable bonds is 3. The first kappa shape index (κ1) is 13.7. The Balaban J connectivity index is 1.90. The van der Waals surface area contributed by atoms with Crippen molar-refractivity contribution in [3.63, 3.8) is 0 Å². The van der Waals surface area contributed by atoms with E-state index in [-0.39, 0.29) is 5.15 Å². The van der Waals surface area contributed by atoms with Crippen molar-refractivity contribution in [2.45, 2.75) is 16.3 Å². The number of hydrogen-bond acceptors (Lipinski definition) is 6. The van der Waals surface area contributed by atoms with Crippen LogP contribution in [0.25, 0.3) is 0 Å². The van der Waals surface area contributed by atoms with E-state index in [1.807, 2.05) is 6.07 Å². The lowest BCUT2D eigenvalue weighted by molar-refractivity contribution is 0.609. The molecule has 2 N–H and O–H groups in total. The van der Waals surface area contributed by atoms with E-state index in [0.717, 1.165) is 23.8 Å². The number of nitrogens with two attached hydrogens (primary N) is 1. The SMILES string of the molecule is Nc1nc(Cl)cnc1Sc1ccnc(N2CCC2)c1Cl. The van der Waals surface area contributed by atoms with Crippen molar-refractivity contribution in [3.8, 4) is 0 Å². The Bertz CT molecular complexity index is 648. The summed E-state index contributed by atoms with van der Waals surface area (Å²) in [5.74, 6) is 1.10. The van der Waals surface area contributed by atoms with Crippen LogP contribution in [0.2, 0.25) is 10.2 Å². The van der Waals surface area contributed by atoms with Crippen molar-refractivity contribution >= 4 is 46.6 Å². The highest BCUT2D eigenvalue weighted by Gasteiger charge is 2.21. The molecule has 2 aromatic rings. The predicted octanol–water partition coefficient (Wildman–Crippen LogP) is 3.12. The van der Waals surface area contributed by atoms with Crippen molar-refractivity contribution in [1.29, 1.82) is 0 Å². The molecule has 0 radical (unpaired) electrons. The number of halogens is 2. The Hall–Kier alpha value is -1.24. The fourth-order valence-electron chi connectivity index (χ4n) is 1.80. The summed E-state index contributed by atoms with van der Waals surface area (Å²) in [7, 11) is 0. The van der Waals surface area contributed by atoms with Gasteiger partial charge in [-0.3, -0.25) is 0 Å². The molecule has 0 bridgehead atoms. The van der Waals surface area contributed by atoms with Gasteiger partial charge >= 0.3 is 0 Å². The van der Waals surface area contributed by atoms with E-state index in [1.54, 1.807) is 6.20 Å². The van der Waals surface area contributed by atoms with Crippen molar-refractivity contribution in [2.24, 2.45) is 0 Å². The first-order valence-electron chi connectivity index (χ1n) is 6.00. The van der Waals surface area contributed by atoms with Gasteiger partial charge in [-0.15, -0.1) is 0 Å². The topological polar surface area (TPSA) is 67.9 Å². The average Bonchev–Trinajstić information content (AvgIpc) is 2.35. The third kappa shape index (κ3) is 2.63. The fourth-order valence-corrected chi connectivity index (χ4v) is 3.06. The van der Waals surface area contributed by atoms with Crippen molar-refractivity contribution in [2.75, 3.05) is 23.7 Å². The number of anilines is 2. The van der Waals surface area contributed by atoms with Gasteiger partial charge in [0.15, 0.2) is 5.82 Å². The zero-order valence-electron chi connectivity index (χ0n) is 10.4. The molecule has 2 aromatic heterocycles. The van der Waals surface area contributed by atoms with Crippen molar-refractivity contribution in [3.05, 3.63) is 28.6 Å². The monoisotopic (exact) mass is 327 g/mol. The summed E-state index contributed by atoms with van der Waals surface area (Å²) in [6.07, 6.45) is 4.37. The smallest absolute Gasteiger partial charge is 0.158 e. The zero-order valence-corrected chi connectivity index (χ0v) is 12.7. The highest BCUT2D eigenvalue weighted by Crippen LogP contribution is 2.39. The summed E-state index contributed by atoms with van der Waals surface area (Å²) in [6.45, 7) is 1.98. The van der Waals surface area contributed by atoms with Gasteiger partial charge in [0.05, 0.1) is 11.2 Å². The van der Waals surface area contributed by atoms with Gasteiger partial charge in [0, 0.05) is 24.2 Å². The molecule has 0 aliphatic carbocycles. The second-order valence-corrected chi connectivity index (χ2v) is 6.07. The minimum atomic E-state index is 0.272. The van der Waals surface area contributed by atoms with Gasteiger partial charge in [0.2, 0.25) is 0 Å². The molecule has 8 heteroatoms. The van der Waals surface area contributed by atoms with Gasteiger partial charge in [0.1, 0.15) is 16.0 Å². The molecule has 0 aromatic carbocycles. The molecule has 3 heterocycles. The average molecular weight is 328 g/mol. The molecule has 20 heavy (non-hydrogen) atoms. The molecular formula is C12H11Cl2N5S. The fraction of sp³-hybridized carbons (Fsp3) is 0.250. The highest BCUT2D eigenvalue weighted by atomic mass is 35.5. The minimum absolute atomic E-state index is 0.272. The van der Waals surface area contributed by atoms with Crippen molar-refractivity contribution < 1.29 is 0 Å². The van der Waals surface area contributed by atoms with Crippen molar-refractivity contribution in [1.82, 2.24) is 15.0 Å². The molecule has 0 saturated carbocycles. The van der Waals surface area contributed by atoms with Crippen LogP contribution in [-0.2, 0) is 0 Å².